The highest BCUT2D eigenvalue weighted by Crippen LogP contribution is 2.58. The summed E-state index contributed by atoms with van der Waals surface area (Å²) in [6.07, 6.45) is 7.95. The lowest BCUT2D eigenvalue weighted by molar-refractivity contribution is 0.00656. The number of hydrogen-bond donors (Lipinski definition) is 2. The third-order valence-corrected chi connectivity index (χ3v) is 7.56. The number of carbonyl (C=O) groups is 2. The summed E-state index contributed by atoms with van der Waals surface area (Å²) in [5.74, 6) is 0.0185. The predicted molar refractivity (Wildman–Crippen MR) is 144 cm³/mol. The maximum absolute atomic E-state index is 14.1. The van der Waals surface area contributed by atoms with E-state index in [2.05, 4.69) is 36.5 Å². The molecule has 200 valence electrons. The number of hydrogen-bond acceptors (Lipinski definition) is 6. The first-order valence-corrected chi connectivity index (χ1v) is 13.7. The number of unbranched alkanes of at least 4 members (excludes halogenated alkanes) is 1. The van der Waals surface area contributed by atoms with Gasteiger partial charge in [-0.15, -0.1) is 0 Å². The molecule has 1 spiro atoms. The van der Waals surface area contributed by atoms with Crippen LogP contribution in [0.2, 0.25) is 0 Å². The van der Waals surface area contributed by atoms with Crippen molar-refractivity contribution >= 4 is 39.7 Å². The number of amides is 2. The summed E-state index contributed by atoms with van der Waals surface area (Å²) < 4.78 is 20.2. The van der Waals surface area contributed by atoms with Gasteiger partial charge in [0.05, 0.1) is 5.56 Å². The largest absolute Gasteiger partial charge is 0.444 e. The average molecular weight is 577 g/mol. The number of piperidine rings is 1. The van der Waals surface area contributed by atoms with Gasteiger partial charge >= 0.3 is 6.09 Å². The quantitative estimate of drug-likeness (QED) is 0.361. The van der Waals surface area contributed by atoms with E-state index in [-0.39, 0.29) is 11.7 Å². The molecule has 2 aromatic rings. The summed E-state index contributed by atoms with van der Waals surface area (Å²) in [6, 6.07) is 5.84. The fraction of sp³-hybridized carbons (Fsp3) is 0.556. The SMILES string of the molecule is CC(C)(C)OC(=O)N1CCC2(CC2)C(CCCCNc2nccc(NC(=O)c3ccc(Br)cc3F)n2)C1. The van der Waals surface area contributed by atoms with Gasteiger partial charge in [0.2, 0.25) is 5.95 Å². The predicted octanol–water partition coefficient (Wildman–Crippen LogP) is 6.25. The molecule has 0 radical (unpaired) electrons. The number of nitrogens with zero attached hydrogens (tertiary/aromatic N) is 3. The standard InChI is InChI=1S/C27H35BrFN5O3/c1-26(2,3)37-25(36)34-15-12-27(10-11-27)18(17-34)6-4-5-13-30-24-31-14-9-22(33-24)32-23(35)20-8-7-19(28)16-21(20)29/h7-9,14,16,18H,4-6,10-13,15,17H2,1-3H3,(H2,30,31,32,33,35). The molecule has 1 aliphatic heterocycles. The normalized spacial score (nSPS) is 18.4. The zero-order valence-corrected chi connectivity index (χ0v) is 23.2. The third kappa shape index (κ3) is 7.40. The van der Waals surface area contributed by atoms with Gasteiger partial charge in [0.25, 0.3) is 5.91 Å². The Morgan fingerprint density at radius 1 is 1.22 bits per heavy atom. The van der Waals surface area contributed by atoms with Crippen molar-refractivity contribution in [3.8, 4) is 0 Å². The highest BCUT2D eigenvalue weighted by atomic mass is 79.9. The molecule has 1 aliphatic carbocycles. The summed E-state index contributed by atoms with van der Waals surface area (Å²) >= 11 is 3.18. The van der Waals surface area contributed by atoms with Crippen molar-refractivity contribution in [2.45, 2.75) is 64.9 Å². The molecule has 2 fully saturated rings. The van der Waals surface area contributed by atoms with E-state index in [1.807, 2.05) is 25.7 Å². The van der Waals surface area contributed by atoms with E-state index in [1.165, 1.54) is 25.0 Å². The van der Waals surface area contributed by atoms with Crippen molar-refractivity contribution in [3.05, 3.63) is 46.3 Å². The minimum atomic E-state index is -0.612. The molecule has 10 heteroatoms. The second kappa shape index (κ2) is 11.3. The maximum atomic E-state index is 14.1. The van der Waals surface area contributed by atoms with E-state index in [0.29, 0.717) is 34.1 Å². The molecule has 1 aromatic heterocycles. The van der Waals surface area contributed by atoms with Gasteiger partial charge in [-0.1, -0.05) is 22.4 Å². The second-order valence-corrected chi connectivity index (χ2v) is 11.9. The number of anilines is 2. The smallest absolute Gasteiger partial charge is 0.410 e. The zero-order valence-electron chi connectivity index (χ0n) is 21.7. The number of nitrogens with one attached hydrogen (secondary N) is 2. The molecular weight excluding hydrogens is 541 g/mol. The monoisotopic (exact) mass is 575 g/mol. The van der Waals surface area contributed by atoms with E-state index >= 15 is 0 Å². The lowest BCUT2D eigenvalue weighted by Gasteiger charge is -2.39. The Kier molecular flexibility index (Phi) is 8.36. The molecule has 1 saturated heterocycles. The Balaban J connectivity index is 1.22. The fourth-order valence-electron chi connectivity index (χ4n) is 4.91. The summed E-state index contributed by atoms with van der Waals surface area (Å²) in [6.45, 7) is 7.94. The molecule has 4 rings (SSSR count). The number of carbonyl (C=O) groups excluding carboxylic acids is 2. The molecule has 1 saturated carbocycles. The number of benzene rings is 1. The summed E-state index contributed by atoms with van der Waals surface area (Å²) in [4.78, 5) is 35.4. The minimum Gasteiger partial charge on any atom is -0.444 e. The van der Waals surface area contributed by atoms with Crippen molar-refractivity contribution < 1.29 is 18.7 Å². The highest BCUT2D eigenvalue weighted by molar-refractivity contribution is 9.10. The van der Waals surface area contributed by atoms with Crippen LogP contribution >= 0.6 is 15.9 Å². The van der Waals surface area contributed by atoms with Crippen molar-refractivity contribution in [2.24, 2.45) is 11.3 Å². The van der Waals surface area contributed by atoms with Crippen LogP contribution in [0.25, 0.3) is 0 Å². The topological polar surface area (TPSA) is 96.5 Å². The number of halogens is 2. The summed E-state index contributed by atoms with van der Waals surface area (Å²) in [5, 5.41) is 5.82. The number of rotatable bonds is 8. The second-order valence-electron chi connectivity index (χ2n) is 11.0. The van der Waals surface area contributed by atoms with Crippen LogP contribution in [0.1, 0.15) is 69.7 Å². The summed E-state index contributed by atoms with van der Waals surface area (Å²) in [5.41, 5.74) is -0.127. The van der Waals surface area contributed by atoms with Crippen LogP contribution in [0, 0.1) is 17.2 Å². The van der Waals surface area contributed by atoms with E-state index in [1.54, 1.807) is 18.3 Å². The third-order valence-electron chi connectivity index (χ3n) is 7.07. The maximum Gasteiger partial charge on any atom is 0.410 e. The van der Waals surface area contributed by atoms with Crippen LogP contribution in [0.3, 0.4) is 0 Å². The van der Waals surface area contributed by atoms with Crippen LogP contribution in [0.5, 0.6) is 0 Å². The molecule has 2 aliphatic rings. The molecule has 1 atom stereocenters. The first-order chi connectivity index (χ1) is 17.5. The van der Waals surface area contributed by atoms with Gasteiger partial charge in [-0.05, 0) is 88.5 Å². The van der Waals surface area contributed by atoms with E-state index < -0.39 is 17.3 Å². The van der Waals surface area contributed by atoms with Gasteiger partial charge in [0.15, 0.2) is 0 Å². The first kappa shape index (κ1) is 27.3. The van der Waals surface area contributed by atoms with Crippen LogP contribution in [0.4, 0.5) is 21.0 Å². The first-order valence-electron chi connectivity index (χ1n) is 12.9. The molecule has 2 N–H and O–H groups in total. The number of aromatic nitrogens is 2. The molecule has 1 aromatic carbocycles. The van der Waals surface area contributed by atoms with Crippen LogP contribution in [-0.2, 0) is 4.74 Å². The molecule has 8 nitrogen and oxygen atoms in total. The van der Waals surface area contributed by atoms with E-state index in [0.717, 1.165) is 38.8 Å². The van der Waals surface area contributed by atoms with Crippen LogP contribution < -0.4 is 10.6 Å². The number of likely N-dealkylation sites (tertiary alicyclic amines) is 1. The zero-order chi connectivity index (χ0) is 26.6. The van der Waals surface area contributed by atoms with Crippen molar-refractivity contribution in [1.29, 1.82) is 0 Å². The van der Waals surface area contributed by atoms with Crippen LogP contribution in [-0.4, -0.2) is 52.1 Å². The van der Waals surface area contributed by atoms with Crippen molar-refractivity contribution in [2.75, 3.05) is 30.3 Å². The Bertz CT molecular complexity index is 1140. The van der Waals surface area contributed by atoms with Gasteiger partial charge in [0, 0.05) is 30.3 Å². The molecule has 2 heterocycles. The van der Waals surface area contributed by atoms with E-state index in [9.17, 15) is 14.0 Å². The fourth-order valence-corrected chi connectivity index (χ4v) is 5.24. The molecule has 0 bridgehead atoms. The summed E-state index contributed by atoms with van der Waals surface area (Å²) in [7, 11) is 0. The lowest BCUT2D eigenvalue weighted by atomic mass is 9.79. The van der Waals surface area contributed by atoms with Crippen molar-refractivity contribution in [1.82, 2.24) is 14.9 Å². The molecular formula is C27H35BrFN5O3. The van der Waals surface area contributed by atoms with Gasteiger partial charge in [-0.3, -0.25) is 4.79 Å². The Morgan fingerprint density at radius 2 is 2.00 bits per heavy atom. The van der Waals surface area contributed by atoms with Crippen molar-refractivity contribution in [3.63, 3.8) is 0 Å². The molecule has 37 heavy (non-hydrogen) atoms. The van der Waals surface area contributed by atoms with Gasteiger partial charge in [0.1, 0.15) is 17.2 Å². The van der Waals surface area contributed by atoms with Gasteiger partial charge in [-0.25, -0.2) is 14.2 Å². The average Bonchev–Trinajstić information content (AvgIpc) is 3.59. The minimum absolute atomic E-state index is 0.0577. The Hall–Kier alpha value is -2.75. The number of ether oxygens (including phenoxy) is 1. The van der Waals surface area contributed by atoms with E-state index in [4.69, 9.17) is 4.74 Å². The Labute approximate surface area is 225 Å². The lowest BCUT2D eigenvalue weighted by Crippen LogP contribution is -2.46. The molecule has 2 amide bonds. The van der Waals surface area contributed by atoms with Gasteiger partial charge in [-0.2, -0.15) is 4.98 Å². The van der Waals surface area contributed by atoms with Gasteiger partial charge < -0.3 is 20.3 Å². The molecule has 1 unspecified atom stereocenters. The Morgan fingerprint density at radius 3 is 2.70 bits per heavy atom. The van der Waals surface area contributed by atoms with Crippen LogP contribution in [0.15, 0.2) is 34.9 Å². The highest BCUT2D eigenvalue weighted by Gasteiger charge is 2.52.